The molecule has 164 valence electrons. The lowest BCUT2D eigenvalue weighted by atomic mass is 10.1. The molecule has 0 aliphatic carbocycles. The Balaban J connectivity index is 1.32. The number of guanidine groups is 1. The van der Waals surface area contributed by atoms with Gasteiger partial charge in [0.2, 0.25) is 0 Å². The van der Waals surface area contributed by atoms with Crippen LogP contribution in [0.25, 0.3) is 10.9 Å². The second kappa shape index (κ2) is 10.3. The van der Waals surface area contributed by atoms with Crippen LogP contribution in [0.2, 0.25) is 0 Å². The van der Waals surface area contributed by atoms with Crippen molar-refractivity contribution in [3.63, 3.8) is 0 Å². The van der Waals surface area contributed by atoms with Crippen molar-refractivity contribution in [2.24, 2.45) is 4.99 Å². The molecule has 3 N–H and O–H groups in total. The second-order valence-electron chi connectivity index (χ2n) is 7.64. The molecule has 0 spiro atoms. The fraction of sp³-hybridized carbons (Fsp3) is 0.375. The van der Waals surface area contributed by atoms with Crippen molar-refractivity contribution < 1.29 is 9.13 Å². The molecule has 1 aliphatic rings. The lowest BCUT2D eigenvalue weighted by Crippen LogP contribution is -2.38. The molecule has 3 aromatic rings. The summed E-state index contributed by atoms with van der Waals surface area (Å²) in [5.41, 5.74) is 4.40. The van der Waals surface area contributed by atoms with Gasteiger partial charge in [0.05, 0.1) is 19.8 Å². The van der Waals surface area contributed by atoms with Gasteiger partial charge < -0.3 is 25.3 Å². The van der Waals surface area contributed by atoms with Crippen molar-refractivity contribution >= 4 is 22.5 Å². The van der Waals surface area contributed by atoms with Crippen LogP contribution in [0.1, 0.15) is 18.1 Å². The van der Waals surface area contributed by atoms with Gasteiger partial charge >= 0.3 is 0 Å². The zero-order valence-corrected chi connectivity index (χ0v) is 18.0. The lowest BCUT2D eigenvalue weighted by Gasteiger charge is -2.28. The molecule has 0 amide bonds. The third-order valence-corrected chi connectivity index (χ3v) is 5.49. The van der Waals surface area contributed by atoms with Gasteiger partial charge in [-0.25, -0.2) is 9.38 Å². The van der Waals surface area contributed by atoms with E-state index >= 15 is 0 Å². The number of halogens is 1. The Kier molecular flexibility index (Phi) is 7.04. The first-order chi connectivity index (χ1) is 15.2. The van der Waals surface area contributed by atoms with Crippen molar-refractivity contribution in [1.82, 2.24) is 15.6 Å². The van der Waals surface area contributed by atoms with Crippen molar-refractivity contribution in [2.75, 3.05) is 44.3 Å². The van der Waals surface area contributed by atoms with E-state index in [1.807, 2.05) is 12.3 Å². The molecular weight excluding hydrogens is 393 g/mol. The van der Waals surface area contributed by atoms with Crippen molar-refractivity contribution in [2.45, 2.75) is 19.9 Å². The Hall–Kier alpha value is -3.06. The Labute approximate surface area is 182 Å². The maximum absolute atomic E-state index is 13.4. The van der Waals surface area contributed by atoms with Crippen molar-refractivity contribution in [3.8, 4) is 0 Å². The molecule has 0 saturated carbocycles. The maximum atomic E-state index is 13.4. The van der Waals surface area contributed by atoms with E-state index in [0.717, 1.165) is 68.2 Å². The number of nitrogens with one attached hydrogen (secondary N) is 3. The number of rotatable bonds is 7. The van der Waals surface area contributed by atoms with Gasteiger partial charge in [-0.15, -0.1) is 0 Å². The fourth-order valence-corrected chi connectivity index (χ4v) is 3.83. The number of H-pyrrole nitrogens is 1. The summed E-state index contributed by atoms with van der Waals surface area (Å²) in [5.74, 6) is 0.573. The number of benzene rings is 2. The quantitative estimate of drug-likeness (QED) is 0.402. The molecule has 6 nitrogen and oxygen atoms in total. The standard InChI is InChI=1S/C24H30FN5O/c1-2-26-24(27-10-9-19-17-28-23-15-20(25)5-8-22(19)23)29-16-18-3-6-21(7-4-18)30-11-13-31-14-12-30/h3-8,15,17,28H,2,9-14,16H2,1H3,(H2,26,27,29). The van der Waals surface area contributed by atoms with Gasteiger partial charge in [0.1, 0.15) is 5.82 Å². The van der Waals surface area contributed by atoms with Crippen LogP contribution in [0.3, 0.4) is 0 Å². The summed E-state index contributed by atoms with van der Waals surface area (Å²) in [7, 11) is 0. The Morgan fingerprint density at radius 1 is 1.13 bits per heavy atom. The van der Waals surface area contributed by atoms with E-state index in [1.54, 1.807) is 0 Å². The highest BCUT2D eigenvalue weighted by Crippen LogP contribution is 2.19. The molecule has 1 aromatic heterocycles. The summed E-state index contributed by atoms with van der Waals surface area (Å²) in [6.45, 7) is 7.68. The number of aromatic nitrogens is 1. The third kappa shape index (κ3) is 5.55. The molecule has 0 atom stereocenters. The third-order valence-electron chi connectivity index (χ3n) is 5.49. The SMILES string of the molecule is CCNC(=NCc1ccc(N2CCOCC2)cc1)NCCc1c[nH]c2cc(F)ccc12. The van der Waals surface area contributed by atoms with Crippen LogP contribution in [0.5, 0.6) is 0 Å². The molecule has 2 heterocycles. The van der Waals surface area contributed by atoms with E-state index in [-0.39, 0.29) is 5.82 Å². The molecule has 1 fully saturated rings. The van der Waals surface area contributed by atoms with Crippen molar-refractivity contribution in [1.29, 1.82) is 0 Å². The van der Waals surface area contributed by atoms with Crippen molar-refractivity contribution in [3.05, 3.63) is 65.6 Å². The smallest absolute Gasteiger partial charge is 0.191 e. The van der Waals surface area contributed by atoms with E-state index in [4.69, 9.17) is 9.73 Å². The van der Waals surface area contributed by atoms with Crippen LogP contribution in [-0.2, 0) is 17.7 Å². The summed E-state index contributed by atoms with van der Waals surface area (Å²) >= 11 is 0. The number of anilines is 1. The molecule has 0 radical (unpaired) electrons. The highest BCUT2D eigenvalue weighted by atomic mass is 19.1. The lowest BCUT2D eigenvalue weighted by molar-refractivity contribution is 0.122. The van der Waals surface area contributed by atoms with Gasteiger partial charge in [-0.1, -0.05) is 12.1 Å². The van der Waals surface area contributed by atoms with Gasteiger partial charge in [-0.05, 0) is 54.8 Å². The highest BCUT2D eigenvalue weighted by Gasteiger charge is 2.10. The molecular formula is C24H30FN5O. The van der Waals surface area contributed by atoms with Crippen LogP contribution >= 0.6 is 0 Å². The largest absolute Gasteiger partial charge is 0.378 e. The topological polar surface area (TPSA) is 64.7 Å². The molecule has 1 saturated heterocycles. The predicted octanol–water partition coefficient (Wildman–Crippen LogP) is 3.44. The predicted molar refractivity (Wildman–Crippen MR) is 124 cm³/mol. The second-order valence-corrected chi connectivity index (χ2v) is 7.64. The summed E-state index contributed by atoms with van der Waals surface area (Å²) in [6.07, 6.45) is 2.77. The highest BCUT2D eigenvalue weighted by molar-refractivity contribution is 5.83. The van der Waals surface area contributed by atoms with Crippen LogP contribution in [0.4, 0.5) is 10.1 Å². The Morgan fingerprint density at radius 2 is 1.94 bits per heavy atom. The minimum Gasteiger partial charge on any atom is -0.378 e. The zero-order valence-electron chi connectivity index (χ0n) is 18.0. The summed E-state index contributed by atoms with van der Waals surface area (Å²) in [6, 6.07) is 13.5. The van der Waals surface area contributed by atoms with E-state index in [0.29, 0.717) is 6.54 Å². The van der Waals surface area contributed by atoms with Gasteiger partial charge in [0, 0.05) is 49.0 Å². The minimum atomic E-state index is -0.224. The molecule has 2 aromatic carbocycles. The summed E-state index contributed by atoms with van der Waals surface area (Å²) in [4.78, 5) is 10.2. The van der Waals surface area contributed by atoms with Crippen LogP contribution in [0.15, 0.2) is 53.7 Å². The van der Waals surface area contributed by atoms with E-state index < -0.39 is 0 Å². The van der Waals surface area contributed by atoms with E-state index in [9.17, 15) is 4.39 Å². The van der Waals surface area contributed by atoms with Gasteiger partial charge in [-0.2, -0.15) is 0 Å². The summed E-state index contributed by atoms with van der Waals surface area (Å²) < 4.78 is 18.8. The first kappa shape index (κ1) is 21.2. The van der Waals surface area contributed by atoms with Crippen LogP contribution in [-0.4, -0.2) is 50.3 Å². The molecule has 0 bridgehead atoms. The fourth-order valence-electron chi connectivity index (χ4n) is 3.83. The molecule has 0 unspecified atom stereocenters. The first-order valence-corrected chi connectivity index (χ1v) is 10.9. The number of morpholine rings is 1. The normalized spacial score (nSPS) is 14.8. The first-order valence-electron chi connectivity index (χ1n) is 10.9. The monoisotopic (exact) mass is 423 g/mol. The Bertz CT molecular complexity index is 1010. The molecule has 7 heteroatoms. The number of aliphatic imine (C=N–C) groups is 1. The van der Waals surface area contributed by atoms with Gasteiger partial charge in [-0.3, -0.25) is 0 Å². The van der Waals surface area contributed by atoms with Gasteiger partial charge in [0.15, 0.2) is 5.96 Å². The molecule has 1 aliphatic heterocycles. The number of hydrogen-bond acceptors (Lipinski definition) is 3. The zero-order chi connectivity index (χ0) is 21.5. The van der Waals surface area contributed by atoms with E-state index in [2.05, 4.69) is 51.7 Å². The number of fused-ring (bicyclic) bond motifs is 1. The molecule has 31 heavy (non-hydrogen) atoms. The number of ether oxygens (including phenoxy) is 1. The van der Waals surface area contributed by atoms with Crippen LogP contribution in [0, 0.1) is 5.82 Å². The Morgan fingerprint density at radius 3 is 2.71 bits per heavy atom. The maximum Gasteiger partial charge on any atom is 0.191 e. The number of hydrogen-bond donors (Lipinski definition) is 3. The average Bonchev–Trinajstić information content (AvgIpc) is 3.20. The molecule has 4 rings (SSSR count). The number of aromatic amines is 1. The average molecular weight is 424 g/mol. The number of nitrogens with zero attached hydrogens (tertiary/aromatic N) is 2. The van der Waals surface area contributed by atoms with E-state index in [1.165, 1.54) is 23.4 Å². The van der Waals surface area contributed by atoms with Crippen LogP contribution < -0.4 is 15.5 Å². The minimum absolute atomic E-state index is 0.224. The summed E-state index contributed by atoms with van der Waals surface area (Å²) in [5, 5.41) is 7.76. The van der Waals surface area contributed by atoms with Gasteiger partial charge in [0.25, 0.3) is 0 Å².